The SMILES string of the molecule is CC(=O)N1CCSc2ccc(S(=O)(=O)Nc3ccc(Br)c(C)c3)cc21. The van der Waals surface area contributed by atoms with Crippen molar-refractivity contribution >= 4 is 55.0 Å². The van der Waals surface area contributed by atoms with Gasteiger partial charge in [0.05, 0.1) is 10.6 Å². The summed E-state index contributed by atoms with van der Waals surface area (Å²) < 4.78 is 29.0. The lowest BCUT2D eigenvalue weighted by Gasteiger charge is -2.28. The zero-order valence-electron chi connectivity index (χ0n) is 13.7. The number of thioether (sulfide) groups is 1. The van der Waals surface area contributed by atoms with E-state index in [9.17, 15) is 13.2 Å². The summed E-state index contributed by atoms with van der Waals surface area (Å²) in [5.74, 6) is 0.710. The smallest absolute Gasteiger partial charge is 0.261 e. The van der Waals surface area contributed by atoms with Crippen molar-refractivity contribution in [2.24, 2.45) is 0 Å². The van der Waals surface area contributed by atoms with Crippen molar-refractivity contribution in [1.82, 2.24) is 0 Å². The molecule has 1 aliphatic heterocycles. The van der Waals surface area contributed by atoms with E-state index in [2.05, 4.69) is 20.7 Å². The quantitative estimate of drug-likeness (QED) is 0.782. The first-order chi connectivity index (χ1) is 11.8. The van der Waals surface area contributed by atoms with Crippen LogP contribution in [0.25, 0.3) is 0 Å². The van der Waals surface area contributed by atoms with Gasteiger partial charge in [-0.05, 0) is 48.9 Å². The van der Waals surface area contributed by atoms with Crippen LogP contribution in [-0.2, 0) is 14.8 Å². The molecule has 0 saturated carbocycles. The van der Waals surface area contributed by atoms with Gasteiger partial charge in [0.2, 0.25) is 5.91 Å². The molecule has 0 spiro atoms. The van der Waals surface area contributed by atoms with Crippen LogP contribution in [0.1, 0.15) is 12.5 Å². The van der Waals surface area contributed by atoms with Crippen molar-refractivity contribution in [3.05, 3.63) is 46.4 Å². The molecule has 0 aliphatic carbocycles. The maximum absolute atomic E-state index is 12.7. The van der Waals surface area contributed by atoms with E-state index < -0.39 is 10.0 Å². The predicted octanol–water partition coefficient (Wildman–Crippen LogP) is 4.02. The molecule has 0 aromatic heterocycles. The Morgan fingerprint density at radius 1 is 1.24 bits per heavy atom. The third-order valence-electron chi connectivity index (χ3n) is 3.89. The molecule has 8 heteroatoms. The fourth-order valence-electron chi connectivity index (χ4n) is 2.61. The summed E-state index contributed by atoms with van der Waals surface area (Å²) in [4.78, 5) is 14.5. The highest BCUT2D eigenvalue weighted by Gasteiger charge is 2.24. The second kappa shape index (κ2) is 7.01. The normalized spacial score (nSPS) is 14.1. The van der Waals surface area contributed by atoms with Gasteiger partial charge >= 0.3 is 0 Å². The number of nitrogens with zero attached hydrogens (tertiary/aromatic N) is 1. The van der Waals surface area contributed by atoms with Crippen LogP contribution in [0.5, 0.6) is 0 Å². The number of halogens is 1. The molecular weight excluding hydrogens is 424 g/mol. The van der Waals surface area contributed by atoms with Crippen LogP contribution >= 0.6 is 27.7 Å². The van der Waals surface area contributed by atoms with E-state index in [1.54, 1.807) is 53.1 Å². The second-order valence-corrected chi connectivity index (χ2v) is 9.39. The molecule has 3 rings (SSSR count). The molecule has 0 fully saturated rings. The Balaban J connectivity index is 1.96. The van der Waals surface area contributed by atoms with Gasteiger partial charge in [-0.2, -0.15) is 0 Å². The van der Waals surface area contributed by atoms with Crippen molar-refractivity contribution in [1.29, 1.82) is 0 Å². The minimum Gasteiger partial charge on any atom is -0.311 e. The summed E-state index contributed by atoms with van der Waals surface area (Å²) in [6.45, 7) is 3.96. The largest absolute Gasteiger partial charge is 0.311 e. The Bertz CT molecular complexity index is 945. The Morgan fingerprint density at radius 2 is 2.00 bits per heavy atom. The molecule has 1 heterocycles. The van der Waals surface area contributed by atoms with E-state index >= 15 is 0 Å². The summed E-state index contributed by atoms with van der Waals surface area (Å²) in [7, 11) is -3.74. The van der Waals surface area contributed by atoms with Gasteiger partial charge in [-0.1, -0.05) is 15.9 Å². The number of nitrogens with one attached hydrogen (secondary N) is 1. The Morgan fingerprint density at radius 3 is 2.68 bits per heavy atom. The molecule has 0 unspecified atom stereocenters. The Kier molecular flexibility index (Phi) is 5.13. The number of rotatable bonds is 3. The molecule has 0 atom stereocenters. The van der Waals surface area contributed by atoms with Crippen molar-refractivity contribution in [2.45, 2.75) is 23.6 Å². The average Bonchev–Trinajstić information content (AvgIpc) is 2.56. The summed E-state index contributed by atoms with van der Waals surface area (Å²) in [5, 5.41) is 0. The van der Waals surface area contributed by atoms with Crippen LogP contribution in [0.2, 0.25) is 0 Å². The molecule has 0 saturated heterocycles. The first kappa shape index (κ1) is 18.3. The molecule has 1 amide bonds. The lowest BCUT2D eigenvalue weighted by atomic mass is 10.2. The van der Waals surface area contributed by atoms with Crippen molar-refractivity contribution in [3.63, 3.8) is 0 Å². The zero-order valence-corrected chi connectivity index (χ0v) is 17.0. The summed E-state index contributed by atoms with van der Waals surface area (Å²) in [6, 6.07) is 10.2. The van der Waals surface area contributed by atoms with Gasteiger partial charge in [-0.3, -0.25) is 9.52 Å². The standard InChI is InChI=1S/C17H17BrN2O3S2/c1-11-9-13(3-5-15(11)18)19-25(22,23)14-4-6-17-16(10-14)20(12(2)21)7-8-24-17/h3-6,9-10,19H,7-8H2,1-2H3. The number of benzene rings is 2. The first-order valence-electron chi connectivity index (χ1n) is 7.62. The van der Waals surface area contributed by atoms with Gasteiger partial charge in [0.25, 0.3) is 10.0 Å². The molecule has 1 N–H and O–H groups in total. The summed E-state index contributed by atoms with van der Waals surface area (Å²) >= 11 is 5.02. The van der Waals surface area contributed by atoms with Gasteiger partial charge < -0.3 is 4.90 Å². The van der Waals surface area contributed by atoms with E-state index in [0.29, 0.717) is 17.9 Å². The molecule has 2 aromatic carbocycles. The van der Waals surface area contributed by atoms with E-state index in [1.807, 2.05) is 6.92 Å². The highest BCUT2D eigenvalue weighted by Crippen LogP contribution is 2.36. The van der Waals surface area contributed by atoms with E-state index in [1.165, 1.54) is 6.92 Å². The number of sulfonamides is 1. The zero-order chi connectivity index (χ0) is 18.2. The number of hydrogen-bond donors (Lipinski definition) is 1. The third kappa shape index (κ3) is 3.86. The Labute approximate surface area is 160 Å². The summed E-state index contributed by atoms with van der Waals surface area (Å²) in [6.07, 6.45) is 0. The predicted molar refractivity (Wildman–Crippen MR) is 105 cm³/mol. The monoisotopic (exact) mass is 440 g/mol. The van der Waals surface area contributed by atoms with Crippen molar-refractivity contribution in [2.75, 3.05) is 21.9 Å². The molecule has 1 aliphatic rings. The topological polar surface area (TPSA) is 66.5 Å². The number of anilines is 2. The number of carbonyl (C=O) groups is 1. The average molecular weight is 441 g/mol. The maximum Gasteiger partial charge on any atom is 0.261 e. The molecule has 25 heavy (non-hydrogen) atoms. The minimum absolute atomic E-state index is 0.0902. The molecule has 2 aromatic rings. The highest BCUT2D eigenvalue weighted by atomic mass is 79.9. The van der Waals surface area contributed by atoms with E-state index in [0.717, 1.165) is 20.7 Å². The number of amides is 1. The maximum atomic E-state index is 12.7. The van der Waals surface area contributed by atoms with E-state index in [4.69, 9.17) is 0 Å². The van der Waals surface area contributed by atoms with Crippen LogP contribution in [0.3, 0.4) is 0 Å². The van der Waals surface area contributed by atoms with Gasteiger partial charge in [0, 0.05) is 34.3 Å². The van der Waals surface area contributed by atoms with Gasteiger partial charge in [0.1, 0.15) is 0 Å². The Hall–Kier alpha value is -1.51. The molecular formula is C17H17BrN2O3S2. The number of hydrogen-bond acceptors (Lipinski definition) is 4. The first-order valence-corrected chi connectivity index (χ1v) is 10.9. The van der Waals surface area contributed by atoms with Crippen LogP contribution in [0, 0.1) is 6.92 Å². The highest BCUT2D eigenvalue weighted by molar-refractivity contribution is 9.10. The van der Waals surface area contributed by atoms with E-state index in [-0.39, 0.29) is 10.8 Å². The minimum atomic E-state index is -3.74. The molecule has 0 bridgehead atoms. The molecule has 5 nitrogen and oxygen atoms in total. The van der Waals surface area contributed by atoms with Crippen LogP contribution in [0.4, 0.5) is 11.4 Å². The fraction of sp³-hybridized carbons (Fsp3) is 0.235. The lowest BCUT2D eigenvalue weighted by molar-refractivity contribution is -0.116. The van der Waals surface area contributed by atoms with Crippen LogP contribution < -0.4 is 9.62 Å². The second-order valence-electron chi connectivity index (χ2n) is 5.72. The number of fused-ring (bicyclic) bond motifs is 1. The molecule has 0 radical (unpaired) electrons. The van der Waals surface area contributed by atoms with Gasteiger partial charge in [0.15, 0.2) is 0 Å². The van der Waals surface area contributed by atoms with Crippen LogP contribution in [-0.4, -0.2) is 26.6 Å². The summed E-state index contributed by atoms with van der Waals surface area (Å²) in [5.41, 5.74) is 2.08. The number of aryl methyl sites for hydroxylation is 1. The van der Waals surface area contributed by atoms with Crippen molar-refractivity contribution in [3.8, 4) is 0 Å². The van der Waals surface area contributed by atoms with Crippen molar-refractivity contribution < 1.29 is 13.2 Å². The lowest BCUT2D eigenvalue weighted by Crippen LogP contribution is -2.33. The van der Waals surface area contributed by atoms with Gasteiger partial charge in [-0.25, -0.2) is 8.42 Å². The molecule has 132 valence electrons. The van der Waals surface area contributed by atoms with Gasteiger partial charge in [-0.15, -0.1) is 11.8 Å². The third-order valence-corrected chi connectivity index (χ3v) is 7.21. The number of carbonyl (C=O) groups excluding carboxylic acids is 1. The van der Waals surface area contributed by atoms with Crippen LogP contribution in [0.15, 0.2) is 50.7 Å². The fourth-order valence-corrected chi connectivity index (χ4v) is 4.90.